The van der Waals surface area contributed by atoms with E-state index in [4.69, 9.17) is 17.3 Å². The summed E-state index contributed by atoms with van der Waals surface area (Å²) in [4.78, 5) is 2.62. The second-order valence-electron chi connectivity index (χ2n) is 5.53. The molecule has 0 radical (unpaired) electrons. The highest BCUT2D eigenvalue weighted by Gasteiger charge is 2.24. The normalized spacial score (nSPS) is 19.5. The number of benzene rings is 1. The van der Waals surface area contributed by atoms with Crippen LogP contribution in [0.4, 0.5) is 0 Å². The Labute approximate surface area is 121 Å². The minimum Gasteiger partial charge on any atom is -0.330 e. The van der Waals surface area contributed by atoms with Crippen LogP contribution >= 0.6 is 11.6 Å². The van der Waals surface area contributed by atoms with Gasteiger partial charge in [0.25, 0.3) is 0 Å². The number of nitrogens with zero attached hydrogens (tertiary/aromatic N) is 1. The minimum absolute atomic E-state index is 0.538. The van der Waals surface area contributed by atoms with Crippen molar-refractivity contribution in [2.75, 3.05) is 19.6 Å². The van der Waals surface area contributed by atoms with Gasteiger partial charge in [0.2, 0.25) is 0 Å². The van der Waals surface area contributed by atoms with E-state index in [2.05, 4.69) is 24.0 Å². The molecule has 0 aliphatic carbocycles. The fraction of sp³-hybridized carbons (Fsp3) is 0.625. The van der Waals surface area contributed by atoms with Gasteiger partial charge in [-0.2, -0.15) is 0 Å². The number of hydrogen-bond acceptors (Lipinski definition) is 2. The molecule has 1 unspecified atom stereocenters. The van der Waals surface area contributed by atoms with Crippen LogP contribution < -0.4 is 5.73 Å². The van der Waals surface area contributed by atoms with E-state index in [0.29, 0.717) is 6.04 Å². The first kappa shape index (κ1) is 14.8. The SMILES string of the molecule is CCC(c1ccc(Cl)cc1)N1CCC(CCN)CC1. The standard InChI is InChI=1S/C16H25ClN2/c1-2-16(14-3-5-15(17)6-4-14)19-11-8-13(7-10-18)9-12-19/h3-6,13,16H,2,7-12,18H2,1H3. The molecular formula is C16H25ClN2. The molecule has 2 N–H and O–H groups in total. The molecule has 0 amide bonds. The summed E-state index contributed by atoms with van der Waals surface area (Å²) < 4.78 is 0. The quantitative estimate of drug-likeness (QED) is 0.888. The van der Waals surface area contributed by atoms with E-state index in [1.165, 1.54) is 37.9 Å². The van der Waals surface area contributed by atoms with Crippen molar-refractivity contribution in [1.82, 2.24) is 4.90 Å². The van der Waals surface area contributed by atoms with Gasteiger partial charge in [0.1, 0.15) is 0 Å². The Hall–Kier alpha value is -0.570. The molecule has 0 spiro atoms. The zero-order valence-corrected chi connectivity index (χ0v) is 12.6. The molecule has 1 atom stereocenters. The summed E-state index contributed by atoms with van der Waals surface area (Å²) in [6.45, 7) is 5.50. The predicted molar refractivity (Wildman–Crippen MR) is 82.5 cm³/mol. The first-order valence-corrected chi connectivity index (χ1v) is 7.82. The number of halogens is 1. The van der Waals surface area contributed by atoms with Crippen LogP contribution in [0.15, 0.2) is 24.3 Å². The lowest BCUT2D eigenvalue weighted by molar-refractivity contribution is 0.126. The monoisotopic (exact) mass is 280 g/mol. The van der Waals surface area contributed by atoms with Gasteiger partial charge in [-0.1, -0.05) is 30.7 Å². The fourth-order valence-corrected chi connectivity index (χ4v) is 3.30. The van der Waals surface area contributed by atoms with Crippen LogP contribution in [0.2, 0.25) is 5.02 Å². The maximum absolute atomic E-state index is 5.97. The van der Waals surface area contributed by atoms with Gasteiger partial charge >= 0.3 is 0 Å². The van der Waals surface area contributed by atoms with Gasteiger partial charge in [-0.15, -0.1) is 0 Å². The van der Waals surface area contributed by atoms with Gasteiger partial charge < -0.3 is 5.73 Å². The van der Waals surface area contributed by atoms with Crippen LogP contribution in [0.5, 0.6) is 0 Å². The maximum atomic E-state index is 5.97. The van der Waals surface area contributed by atoms with E-state index < -0.39 is 0 Å². The highest BCUT2D eigenvalue weighted by molar-refractivity contribution is 6.30. The van der Waals surface area contributed by atoms with Crippen molar-refractivity contribution in [2.24, 2.45) is 11.7 Å². The second-order valence-corrected chi connectivity index (χ2v) is 5.97. The minimum atomic E-state index is 0.538. The average molecular weight is 281 g/mol. The second kappa shape index (κ2) is 7.28. The number of nitrogens with two attached hydrogens (primary N) is 1. The van der Waals surface area contributed by atoms with E-state index in [1.54, 1.807) is 0 Å². The first-order valence-electron chi connectivity index (χ1n) is 7.44. The lowest BCUT2D eigenvalue weighted by Gasteiger charge is -2.37. The molecule has 0 saturated carbocycles. The topological polar surface area (TPSA) is 29.3 Å². The van der Waals surface area contributed by atoms with E-state index in [-0.39, 0.29) is 0 Å². The summed E-state index contributed by atoms with van der Waals surface area (Å²) in [5.74, 6) is 0.837. The summed E-state index contributed by atoms with van der Waals surface area (Å²) in [7, 11) is 0. The molecule has 1 aromatic carbocycles. The molecule has 1 heterocycles. The molecule has 0 bridgehead atoms. The molecule has 1 aliphatic heterocycles. The predicted octanol–water partition coefficient (Wildman–Crippen LogP) is 3.85. The van der Waals surface area contributed by atoms with E-state index in [9.17, 15) is 0 Å². The third-order valence-electron chi connectivity index (χ3n) is 4.31. The van der Waals surface area contributed by atoms with Gasteiger partial charge in [-0.25, -0.2) is 0 Å². The molecule has 19 heavy (non-hydrogen) atoms. The molecule has 2 nitrogen and oxygen atoms in total. The number of hydrogen-bond donors (Lipinski definition) is 1. The van der Waals surface area contributed by atoms with Crippen molar-refractivity contribution >= 4 is 11.6 Å². The Morgan fingerprint density at radius 2 is 1.89 bits per heavy atom. The molecule has 106 valence electrons. The fourth-order valence-electron chi connectivity index (χ4n) is 3.18. The van der Waals surface area contributed by atoms with Gasteiger partial charge in [-0.05, 0) is 68.9 Å². The average Bonchev–Trinajstić information content (AvgIpc) is 2.44. The Balaban J connectivity index is 1.97. The highest BCUT2D eigenvalue weighted by Crippen LogP contribution is 2.30. The van der Waals surface area contributed by atoms with Gasteiger partial charge in [0.05, 0.1) is 0 Å². The van der Waals surface area contributed by atoms with E-state index in [0.717, 1.165) is 23.9 Å². The number of piperidine rings is 1. The third-order valence-corrected chi connectivity index (χ3v) is 4.56. The van der Waals surface area contributed by atoms with Crippen LogP contribution in [0.1, 0.15) is 44.2 Å². The molecular weight excluding hydrogens is 256 g/mol. The molecule has 2 rings (SSSR count). The van der Waals surface area contributed by atoms with Crippen LogP contribution in [-0.4, -0.2) is 24.5 Å². The van der Waals surface area contributed by atoms with Gasteiger partial charge in [-0.3, -0.25) is 4.90 Å². The van der Waals surface area contributed by atoms with Crippen LogP contribution in [0.3, 0.4) is 0 Å². The number of likely N-dealkylation sites (tertiary alicyclic amines) is 1. The third kappa shape index (κ3) is 3.95. The van der Waals surface area contributed by atoms with Crippen molar-refractivity contribution < 1.29 is 0 Å². The molecule has 1 aromatic rings. The van der Waals surface area contributed by atoms with E-state index in [1.807, 2.05) is 12.1 Å². The van der Waals surface area contributed by atoms with Crippen molar-refractivity contribution in [2.45, 2.75) is 38.6 Å². The molecule has 1 saturated heterocycles. The van der Waals surface area contributed by atoms with Crippen LogP contribution in [-0.2, 0) is 0 Å². The summed E-state index contributed by atoms with van der Waals surface area (Å²) in [5.41, 5.74) is 7.05. The summed E-state index contributed by atoms with van der Waals surface area (Å²) >= 11 is 5.97. The number of rotatable bonds is 5. The summed E-state index contributed by atoms with van der Waals surface area (Å²) in [5, 5.41) is 0.820. The Kier molecular flexibility index (Phi) is 5.68. The summed E-state index contributed by atoms with van der Waals surface area (Å²) in [6, 6.07) is 8.88. The summed E-state index contributed by atoms with van der Waals surface area (Å²) in [6.07, 6.45) is 4.93. The zero-order valence-electron chi connectivity index (χ0n) is 11.8. The van der Waals surface area contributed by atoms with Crippen LogP contribution in [0.25, 0.3) is 0 Å². The molecule has 1 fully saturated rings. The lowest BCUT2D eigenvalue weighted by Crippen LogP contribution is -2.37. The zero-order chi connectivity index (χ0) is 13.7. The maximum Gasteiger partial charge on any atom is 0.0406 e. The van der Waals surface area contributed by atoms with Crippen molar-refractivity contribution in [1.29, 1.82) is 0 Å². The van der Waals surface area contributed by atoms with Crippen molar-refractivity contribution in [3.05, 3.63) is 34.9 Å². The first-order chi connectivity index (χ1) is 9.24. The van der Waals surface area contributed by atoms with Crippen molar-refractivity contribution in [3.8, 4) is 0 Å². The van der Waals surface area contributed by atoms with Crippen molar-refractivity contribution in [3.63, 3.8) is 0 Å². The smallest absolute Gasteiger partial charge is 0.0406 e. The Bertz CT molecular complexity index is 369. The van der Waals surface area contributed by atoms with Crippen LogP contribution in [0, 0.1) is 5.92 Å². The molecule has 0 aromatic heterocycles. The molecule has 1 aliphatic rings. The van der Waals surface area contributed by atoms with E-state index >= 15 is 0 Å². The lowest BCUT2D eigenvalue weighted by atomic mass is 9.91. The Morgan fingerprint density at radius 1 is 1.26 bits per heavy atom. The van der Waals surface area contributed by atoms with Gasteiger partial charge in [0, 0.05) is 11.1 Å². The van der Waals surface area contributed by atoms with Gasteiger partial charge in [0.15, 0.2) is 0 Å². The Morgan fingerprint density at radius 3 is 2.42 bits per heavy atom. The largest absolute Gasteiger partial charge is 0.330 e. The molecule has 3 heteroatoms. The highest BCUT2D eigenvalue weighted by atomic mass is 35.5.